The van der Waals surface area contributed by atoms with Crippen LogP contribution >= 0.6 is 0 Å². The summed E-state index contributed by atoms with van der Waals surface area (Å²) in [5.74, 6) is 0.546. The molecule has 1 aliphatic rings. The SMILES string of the molecule is CCc1cc(N2CCCC(NC(=O)[C@H](O)c3ccccc3)C2)ncn1. The summed E-state index contributed by atoms with van der Waals surface area (Å²) in [5.41, 5.74) is 1.62. The van der Waals surface area contributed by atoms with Crippen molar-refractivity contribution >= 4 is 11.7 Å². The van der Waals surface area contributed by atoms with Crippen LogP contribution in [0, 0.1) is 0 Å². The Morgan fingerprint density at radius 2 is 2.16 bits per heavy atom. The Labute approximate surface area is 147 Å². The molecular formula is C19H24N4O2. The number of hydrogen-bond donors (Lipinski definition) is 2. The molecule has 1 aromatic carbocycles. The van der Waals surface area contributed by atoms with Gasteiger partial charge in [-0.1, -0.05) is 37.3 Å². The van der Waals surface area contributed by atoms with Crippen molar-refractivity contribution in [2.24, 2.45) is 0 Å². The first kappa shape index (κ1) is 17.4. The van der Waals surface area contributed by atoms with Crippen LogP contribution in [0.5, 0.6) is 0 Å². The number of rotatable bonds is 5. The van der Waals surface area contributed by atoms with Crippen molar-refractivity contribution < 1.29 is 9.90 Å². The van der Waals surface area contributed by atoms with Crippen LogP contribution in [0.15, 0.2) is 42.7 Å². The molecule has 0 bridgehead atoms. The largest absolute Gasteiger partial charge is 0.378 e. The van der Waals surface area contributed by atoms with Crippen molar-refractivity contribution in [3.8, 4) is 0 Å². The van der Waals surface area contributed by atoms with Gasteiger partial charge >= 0.3 is 0 Å². The minimum Gasteiger partial charge on any atom is -0.378 e. The number of carbonyl (C=O) groups is 1. The molecule has 1 saturated heterocycles. The van der Waals surface area contributed by atoms with Gasteiger partial charge in [0.15, 0.2) is 6.10 Å². The maximum Gasteiger partial charge on any atom is 0.253 e. The summed E-state index contributed by atoms with van der Waals surface area (Å²) in [6.45, 7) is 3.66. The van der Waals surface area contributed by atoms with Gasteiger partial charge in [-0.05, 0) is 24.8 Å². The first-order valence-electron chi connectivity index (χ1n) is 8.76. The van der Waals surface area contributed by atoms with Crippen LogP contribution in [0.2, 0.25) is 0 Å². The van der Waals surface area contributed by atoms with Gasteiger partial charge in [0.1, 0.15) is 12.1 Å². The summed E-state index contributed by atoms with van der Waals surface area (Å²) in [4.78, 5) is 23.1. The number of nitrogens with zero attached hydrogens (tertiary/aromatic N) is 3. The Hall–Kier alpha value is -2.47. The standard InChI is InChI=1S/C19H24N4O2/c1-2-15-11-17(21-13-20-15)23-10-6-9-16(12-23)22-19(25)18(24)14-7-4-3-5-8-14/h3-5,7-8,11,13,16,18,24H,2,6,9-10,12H2,1H3,(H,22,25)/t16?,18-/m1/s1. The summed E-state index contributed by atoms with van der Waals surface area (Å²) in [6.07, 6.45) is 3.19. The lowest BCUT2D eigenvalue weighted by atomic mass is 10.0. The van der Waals surface area contributed by atoms with Gasteiger partial charge in [-0.2, -0.15) is 0 Å². The minimum atomic E-state index is -1.14. The van der Waals surface area contributed by atoms with Gasteiger partial charge in [0, 0.05) is 30.9 Å². The third-order valence-electron chi connectivity index (χ3n) is 4.53. The van der Waals surface area contributed by atoms with E-state index in [9.17, 15) is 9.90 Å². The van der Waals surface area contributed by atoms with Crippen molar-refractivity contribution in [1.82, 2.24) is 15.3 Å². The Kier molecular flexibility index (Phi) is 5.60. The zero-order chi connectivity index (χ0) is 17.6. The van der Waals surface area contributed by atoms with Crippen LogP contribution in [0.1, 0.15) is 37.1 Å². The van der Waals surface area contributed by atoms with Crippen molar-refractivity contribution in [2.45, 2.75) is 38.3 Å². The van der Waals surface area contributed by atoms with E-state index in [2.05, 4.69) is 27.1 Å². The van der Waals surface area contributed by atoms with Crippen LogP contribution in [0.4, 0.5) is 5.82 Å². The third-order valence-corrected chi connectivity index (χ3v) is 4.53. The van der Waals surface area contributed by atoms with Gasteiger partial charge < -0.3 is 15.3 Å². The number of carbonyl (C=O) groups excluding carboxylic acids is 1. The topological polar surface area (TPSA) is 78.4 Å². The Balaban J connectivity index is 1.62. The van der Waals surface area contributed by atoms with Gasteiger partial charge in [0.05, 0.1) is 0 Å². The predicted molar refractivity (Wildman–Crippen MR) is 96.2 cm³/mol. The fraction of sp³-hybridized carbons (Fsp3) is 0.421. The second-order valence-electron chi connectivity index (χ2n) is 6.33. The number of nitrogens with one attached hydrogen (secondary N) is 1. The third kappa shape index (κ3) is 4.33. The molecule has 132 valence electrons. The molecule has 1 amide bonds. The number of benzene rings is 1. The molecule has 1 unspecified atom stereocenters. The van der Waals surface area contributed by atoms with E-state index in [0.29, 0.717) is 12.1 Å². The lowest BCUT2D eigenvalue weighted by molar-refractivity contribution is -0.130. The van der Waals surface area contributed by atoms with Crippen LogP contribution in [0.25, 0.3) is 0 Å². The van der Waals surface area contributed by atoms with E-state index in [1.807, 2.05) is 24.3 Å². The van der Waals surface area contributed by atoms with Gasteiger partial charge in [0.25, 0.3) is 5.91 Å². The van der Waals surface area contributed by atoms with Crippen molar-refractivity contribution in [3.63, 3.8) is 0 Å². The summed E-state index contributed by atoms with van der Waals surface area (Å²) in [6, 6.07) is 11.0. The van der Waals surface area contributed by atoms with Gasteiger partial charge in [-0.15, -0.1) is 0 Å². The molecule has 25 heavy (non-hydrogen) atoms. The molecule has 2 heterocycles. The number of aryl methyl sites for hydroxylation is 1. The van der Waals surface area contributed by atoms with E-state index >= 15 is 0 Å². The normalized spacial score (nSPS) is 18.6. The van der Waals surface area contributed by atoms with E-state index in [-0.39, 0.29) is 11.9 Å². The van der Waals surface area contributed by atoms with Crippen molar-refractivity contribution in [2.75, 3.05) is 18.0 Å². The van der Waals surface area contributed by atoms with Crippen LogP contribution in [0.3, 0.4) is 0 Å². The molecule has 2 atom stereocenters. The molecule has 6 nitrogen and oxygen atoms in total. The summed E-state index contributed by atoms with van der Waals surface area (Å²) >= 11 is 0. The lowest BCUT2D eigenvalue weighted by Gasteiger charge is -2.34. The highest BCUT2D eigenvalue weighted by Crippen LogP contribution is 2.19. The molecule has 0 radical (unpaired) electrons. The molecule has 2 N–H and O–H groups in total. The first-order chi connectivity index (χ1) is 12.2. The molecule has 1 aromatic heterocycles. The highest BCUT2D eigenvalue weighted by molar-refractivity contribution is 5.82. The van der Waals surface area contributed by atoms with Gasteiger partial charge in [0.2, 0.25) is 0 Å². The van der Waals surface area contributed by atoms with Crippen molar-refractivity contribution in [1.29, 1.82) is 0 Å². The summed E-state index contributed by atoms with van der Waals surface area (Å²) < 4.78 is 0. The van der Waals surface area contributed by atoms with Crippen LogP contribution in [-0.2, 0) is 11.2 Å². The highest BCUT2D eigenvalue weighted by atomic mass is 16.3. The fourth-order valence-electron chi connectivity index (χ4n) is 3.12. The molecule has 0 aliphatic carbocycles. The highest BCUT2D eigenvalue weighted by Gasteiger charge is 2.25. The fourth-order valence-corrected chi connectivity index (χ4v) is 3.12. The first-order valence-corrected chi connectivity index (χ1v) is 8.76. The number of aliphatic hydroxyl groups is 1. The van der Waals surface area contributed by atoms with Gasteiger partial charge in [-0.3, -0.25) is 4.79 Å². The molecule has 0 saturated carbocycles. The quantitative estimate of drug-likeness (QED) is 0.869. The predicted octanol–water partition coefficient (Wildman–Crippen LogP) is 1.86. The number of amides is 1. The lowest BCUT2D eigenvalue weighted by Crippen LogP contribution is -2.49. The average Bonchev–Trinajstić information content (AvgIpc) is 2.68. The maximum atomic E-state index is 12.4. The van der Waals surface area contributed by atoms with Crippen LogP contribution < -0.4 is 10.2 Å². The van der Waals surface area contributed by atoms with E-state index in [1.165, 1.54) is 0 Å². The average molecular weight is 340 g/mol. The zero-order valence-corrected chi connectivity index (χ0v) is 14.4. The molecule has 3 rings (SSSR count). The molecule has 0 spiro atoms. The monoisotopic (exact) mass is 340 g/mol. The van der Waals surface area contributed by atoms with E-state index in [0.717, 1.165) is 37.3 Å². The van der Waals surface area contributed by atoms with E-state index in [1.54, 1.807) is 18.5 Å². The Bertz CT molecular complexity index is 708. The van der Waals surface area contributed by atoms with Gasteiger partial charge in [-0.25, -0.2) is 9.97 Å². The van der Waals surface area contributed by atoms with E-state index in [4.69, 9.17) is 0 Å². The number of piperidine rings is 1. The zero-order valence-electron chi connectivity index (χ0n) is 14.4. The Morgan fingerprint density at radius 1 is 1.36 bits per heavy atom. The number of anilines is 1. The molecule has 1 aliphatic heterocycles. The second-order valence-corrected chi connectivity index (χ2v) is 6.33. The summed E-state index contributed by atoms with van der Waals surface area (Å²) in [7, 11) is 0. The molecular weight excluding hydrogens is 316 g/mol. The number of aromatic nitrogens is 2. The van der Waals surface area contributed by atoms with E-state index < -0.39 is 6.10 Å². The molecule has 2 aromatic rings. The Morgan fingerprint density at radius 3 is 2.92 bits per heavy atom. The molecule has 6 heteroatoms. The maximum absolute atomic E-state index is 12.4. The number of hydrogen-bond acceptors (Lipinski definition) is 5. The van der Waals surface area contributed by atoms with Crippen LogP contribution in [-0.4, -0.2) is 40.1 Å². The molecule has 1 fully saturated rings. The second kappa shape index (κ2) is 8.07. The minimum absolute atomic E-state index is 0.000320. The smallest absolute Gasteiger partial charge is 0.253 e. The number of aliphatic hydroxyl groups excluding tert-OH is 1. The van der Waals surface area contributed by atoms with Crippen molar-refractivity contribution in [3.05, 3.63) is 54.0 Å². The summed E-state index contributed by atoms with van der Waals surface area (Å²) in [5, 5.41) is 13.2.